The van der Waals surface area contributed by atoms with Gasteiger partial charge >= 0.3 is 0 Å². The number of aromatic nitrogens is 1. The first kappa shape index (κ1) is 20.1. The molecule has 1 aliphatic heterocycles. The van der Waals surface area contributed by atoms with Crippen molar-refractivity contribution < 1.29 is 14.6 Å². The molecule has 3 fully saturated rings. The van der Waals surface area contributed by atoms with Crippen molar-refractivity contribution in [2.75, 3.05) is 23.3 Å². The molecule has 7 heteroatoms. The second-order valence-corrected chi connectivity index (χ2v) is 10.1. The van der Waals surface area contributed by atoms with Gasteiger partial charge in [0.05, 0.1) is 17.4 Å². The molecule has 1 saturated heterocycles. The van der Waals surface area contributed by atoms with E-state index in [0.717, 1.165) is 22.3 Å². The minimum absolute atomic E-state index is 0.00452. The van der Waals surface area contributed by atoms with Crippen LogP contribution >= 0.6 is 22.6 Å². The van der Waals surface area contributed by atoms with Crippen LogP contribution in [0.5, 0.6) is 5.88 Å². The lowest BCUT2D eigenvalue weighted by molar-refractivity contribution is -0.0127. The van der Waals surface area contributed by atoms with Gasteiger partial charge in [-0.05, 0) is 78.0 Å². The maximum atomic E-state index is 13.1. The summed E-state index contributed by atoms with van der Waals surface area (Å²) in [6, 6.07) is 11.4. The van der Waals surface area contributed by atoms with Crippen LogP contribution in [0.4, 0.5) is 11.5 Å². The lowest BCUT2D eigenvalue weighted by Gasteiger charge is -2.35. The van der Waals surface area contributed by atoms with Gasteiger partial charge in [0.15, 0.2) is 0 Å². The largest absolute Gasteiger partial charge is 0.474 e. The van der Waals surface area contributed by atoms with Crippen LogP contribution in [0.3, 0.4) is 0 Å². The van der Waals surface area contributed by atoms with Gasteiger partial charge in [0.25, 0.3) is 5.91 Å². The summed E-state index contributed by atoms with van der Waals surface area (Å²) in [6.07, 6.45) is 6.14. The van der Waals surface area contributed by atoms with Crippen molar-refractivity contribution in [2.24, 2.45) is 5.41 Å². The number of carbonyl (C=O) groups excluding carboxylic acids is 1. The number of hydrogen-bond donors (Lipinski definition) is 2. The number of halogens is 1. The van der Waals surface area contributed by atoms with Crippen LogP contribution in [0.25, 0.3) is 0 Å². The quantitative estimate of drug-likeness (QED) is 0.579. The number of piperidine rings is 1. The van der Waals surface area contributed by atoms with Gasteiger partial charge in [0, 0.05) is 35.6 Å². The molecule has 2 aliphatic carbocycles. The highest BCUT2D eigenvalue weighted by molar-refractivity contribution is 14.1. The molecular formula is C23H26IN3O3. The molecule has 1 aromatic heterocycles. The Kier molecular flexibility index (Phi) is 5.35. The first-order valence-corrected chi connectivity index (χ1v) is 11.8. The van der Waals surface area contributed by atoms with E-state index < -0.39 is 0 Å². The lowest BCUT2D eigenvalue weighted by atomic mass is 9.92. The second-order valence-electron chi connectivity index (χ2n) is 8.83. The molecule has 2 aromatic rings. The molecule has 3 aliphatic rings. The molecule has 6 nitrogen and oxygen atoms in total. The summed E-state index contributed by atoms with van der Waals surface area (Å²) in [6.45, 7) is 2.02. The number of anilines is 2. The molecule has 1 amide bonds. The molecule has 1 aromatic carbocycles. The zero-order valence-corrected chi connectivity index (χ0v) is 19.0. The van der Waals surface area contributed by atoms with Crippen molar-refractivity contribution >= 4 is 40.0 Å². The number of benzene rings is 1. The third-order valence-corrected chi connectivity index (χ3v) is 7.32. The van der Waals surface area contributed by atoms with Crippen LogP contribution < -0.4 is 15.0 Å². The van der Waals surface area contributed by atoms with Crippen molar-refractivity contribution in [2.45, 2.75) is 50.7 Å². The number of carbonyl (C=O) groups is 1. The summed E-state index contributed by atoms with van der Waals surface area (Å²) in [4.78, 5) is 19.9. The van der Waals surface area contributed by atoms with Crippen LogP contribution in [0.2, 0.25) is 0 Å². The van der Waals surface area contributed by atoms with Gasteiger partial charge in [-0.1, -0.05) is 6.07 Å². The average molecular weight is 519 g/mol. The van der Waals surface area contributed by atoms with Crippen LogP contribution in [0, 0.1) is 8.99 Å². The summed E-state index contributed by atoms with van der Waals surface area (Å²) in [5.74, 6) is 0.785. The zero-order valence-electron chi connectivity index (χ0n) is 16.8. The molecule has 2 heterocycles. The SMILES string of the molecule is O=C(Nc1cccc(OC2CC(O)C2)n1)c1ccc(I)cc1N1CCC2(CC1)CC2. The van der Waals surface area contributed by atoms with Gasteiger partial charge < -0.3 is 20.1 Å². The van der Waals surface area contributed by atoms with Crippen LogP contribution in [-0.4, -0.2) is 41.3 Å². The van der Waals surface area contributed by atoms with Crippen LogP contribution in [0.1, 0.15) is 48.9 Å². The van der Waals surface area contributed by atoms with Gasteiger partial charge in [0.2, 0.25) is 5.88 Å². The third kappa shape index (κ3) is 4.27. The average Bonchev–Trinajstić information content (AvgIpc) is 3.46. The number of rotatable bonds is 5. The number of hydrogen-bond acceptors (Lipinski definition) is 5. The normalized spacial score (nSPS) is 24.3. The van der Waals surface area contributed by atoms with Gasteiger partial charge in [-0.2, -0.15) is 4.98 Å². The highest BCUT2D eigenvalue weighted by atomic mass is 127. The first-order chi connectivity index (χ1) is 14.5. The Morgan fingerprint density at radius 1 is 1.17 bits per heavy atom. The van der Waals surface area contributed by atoms with E-state index in [9.17, 15) is 9.90 Å². The number of aliphatic hydroxyl groups excluding tert-OH is 1. The Bertz CT molecular complexity index is 946. The van der Waals surface area contributed by atoms with E-state index in [2.05, 4.69) is 43.9 Å². The lowest BCUT2D eigenvalue weighted by Crippen LogP contribution is -2.37. The van der Waals surface area contributed by atoms with Crippen molar-refractivity contribution in [3.63, 3.8) is 0 Å². The van der Waals surface area contributed by atoms with Crippen molar-refractivity contribution in [1.82, 2.24) is 4.98 Å². The molecule has 30 heavy (non-hydrogen) atoms. The summed E-state index contributed by atoms with van der Waals surface area (Å²) >= 11 is 2.31. The highest BCUT2D eigenvalue weighted by Crippen LogP contribution is 2.54. The Morgan fingerprint density at radius 2 is 1.93 bits per heavy atom. The van der Waals surface area contributed by atoms with Crippen LogP contribution in [0.15, 0.2) is 36.4 Å². The number of ether oxygens (including phenoxy) is 1. The molecule has 158 valence electrons. The highest BCUT2D eigenvalue weighted by Gasteiger charge is 2.44. The maximum absolute atomic E-state index is 13.1. The molecule has 2 N–H and O–H groups in total. The molecule has 2 saturated carbocycles. The Balaban J connectivity index is 1.30. The summed E-state index contributed by atoms with van der Waals surface area (Å²) in [5.41, 5.74) is 2.28. The fourth-order valence-electron chi connectivity index (χ4n) is 4.40. The fraction of sp³-hybridized carbons (Fsp3) is 0.478. The van der Waals surface area contributed by atoms with Gasteiger partial charge in [-0.15, -0.1) is 0 Å². The topological polar surface area (TPSA) is 74.7 Å². The second kappa shape index (κ2) is 8.00. The van der Waals surface area contributed by atoms with Gasteiger partial charge in [-0.25, -0.2) is 0 Å². The molecular weight excluding hydrogens is 493 g/mol. The Morgan fingerprint density at radius 3 is 2.63 bits per heavy atom. The predicted molar refractivity (Wildman–Crippen MR) is 124 cm³/mol. The molecule has 0 radical (unpaired) electrons. The smallest absolute Gasteiger partial charge is 0.258 e. The number of nitrogens with zero attached hydrogens (tertiary/aromatic N) is 2. The van der Waals surface area contributed by atoms with E-state index in [-0.39, 0.29) is 18.1 Å². The Hall–Kier alpha value is -1.87. The standard InChI is InChI=1S/C23H26IN3O3/c24-15-4-5-18(19(12-15)27-10-8-23(6-7-23)9-11-27)22(29)26-20-2-1-3-21(25-20)30-17-13-16(28)14-17/h1-5,12,16-17,28H,6-11,13-14H2,(H,25,26,29). The number of amides is 1. The minimum atomic E-state index is -0.276. The van der Waals surface area contributed by atoms with E-state index in [1.807, 2.05) is 18.2 Å². The molecule has 0 atom stereocenters. The van der Waals surface area contributed by atoms with Gasteiger partial charge in [0.1, 0.15) is 11.9 Å². The number of aliphatic hydroxyl groups is 1. The summed E-state index contributed by atoms with van der Waals surface area (Å²) in [7, 11) is 0. The monoisotopic (exact) mass is 519 g/mol. The fourth-order valence-corrected chi connectivity index (χ4v) is 4.87. The van der Waals surface area contributed by atoms with Crippen molar-refractivity contribution in [3.8, 4) is 5.88 Å². The Labute approximate surface area is 190 Å². The van der Waals surface area contributed by atoms with E-state index in [1.54, 1.807) is 12.1 Å². The molecule has 0 bridgehead atoms. The molecule has 1 spiro atoms. The van der Waals surface area contributed by atoms with E-state index >= 15 is 0 Å². The predicted octanol–water partition coefficient (Wildman–Crippen LogP) is 4.22. The van der Waals surface area contributed by atoms with Crippen LogP contribution in [-0.2, 0) is 0 Å². The van der Waals surface area contributed by atoms with E-state index in [0.29, 0.717) is 35.5 Å². The maximum Gasteiger partial charge on any atom is 0.258 e. The molecule has 0 unspecified atom stereocenters. The molecule has 5 rings (SSSR count). The van der Waals surface area contributed by atoms with Gasteiger partial charge in [-0.3, -0.25) is 4.79 Å². The zero-order chi connectivity index (χ0) is 20.7. The van der Waals surface area contributed by atoms with E-state index in [1.165, 1.54) is 25.7 Å². The number of pyridine rings is 1. The summed E-state index contributed by atoms with van der Waals surface area (Å²) < 4.78 is 6.90. The minimum Gasteiger partial charge on any atom is -0.474 e. The summed E-state index contributed by atoms with van der Waals surface area (Å²) in [5, 5.41) is 12.4. The van der Waals surface area contributed by atoms with Crippen molar-refractivity contribution in [1.29, 1.82) is 0 Å². The third-order valence-electron chi connectivity index (χ3n) is 6.65. The number of nitrogens with one attached hydrogen (secondary N) is 1. The van der Waals surface area contributed by atoms with Crippen molar-refractivity contribution in [3.05, 3.63) is 45.5 Å². The van der Waals surface area contributed by atoms with E-state index in [4.69, 9.17) is 4.74 Å². The first-order valence-electron chi connectivity index (χ1n) is 10.7.